The quantitative estimate of drug-likeness (QED) is 0.877. The normalized spacial score (nSPS) is 19.9. The van der Waals surface area contributed by atoms with Crippen molar-refractivity contribution in [2.75, 3.05) is 13.1 Å². The van der Waals surface area contributed by atoms with Crippen LogP contribution in [-0.4, -0.2) is 29.4 Å². The predicted octanol–water partition coefficient (Wildman–Crippen LogP) is 2.27. The van der Waals surface area contributed by atoms with Gasteiger partial charge in [0.2, 0.25) is 5.91 Å². The zero-order valence-corrected chi connectivity index (χ0v) is 14.1. The van der Waals surface area contributed by atoms with Crippen LogP contribution in [0.2, 0.25) is 0 Å². The minimum absolute atomic E-state index is 0.117. The van der Waals surface area contributed by atoms with E-state index in [1.165, 1.54) is 30.5 Å². The fourth-order valence-electron chi connectivity index (χ4n) is 2.96. The van der Waals surface area contributed by atoms with Gasteiger partial charge >= 0.3 is 0 Å². The summed E-state index contributed by atoms with van der Waals surface area (Å²) in [6.45, 7) is 9.60. The Balaban J connectivity index is 1.99. The molecule has 1 fully saturated rings. The first-order valence-corrected chi connectivity index (χ1v) is 8.22. The number of carbonyl (C=O) groups excluding carboxylic acids is 1. The minimum Gasteiger partial charge on any atom is -0.350 e. The van der Waals surface area contributed by atoms with Gasteiger partial charge in [0.1, 0.15) is 0 Å². The summed E-state index contributed by atoms with van der Waals surface area (Å²) in [4.78, 5) is 14.5. The number of likely N-dealkylation sites (tertiary alicyclic amines) is 1. The van der Waals surface area contributed by atoms with Crippen LogP contribution in [0.4, 0.5) is 0 Å². The molecule has 22 heavy (non-hydrogen) atoms. The predicted molar refractivity (Wildman–Crippen MR) is 90.2 cm³/mol. The summed E-state index contributed by atoms with van der Waals surface area (Å²) in [6, 6.07) is 8.35. The number of nitrogens with two attached hydrogens (primary N) is 1. The Morgan fingerprint density at radius 3 is 2.68 bits per heavy atom. The lowest BCUT2D eigenvalue weighted by molar-refractivity contribution is -0.125. The third kappa shape index (κ3) is 4.82. The van der Waals surface area contributed by atoms with Crippen LogP contribution in [0.5, 0.6) is 0 Å². The van der Waals surface area contributed by atoms with Gasteiger partial charge in [0.05, 0.1) is 5.54 Å². The van der Waals surface area contributed by atoms with Crippen LogP contribution in [0.1, 0.15) is 44.7 Å². The van der Waals surface area contributed by atoms with E-state index in [9.17, 15) is 4.79 Å². The zero-order valence-electron chi connectivity index (χ0n) is 14.1. The Bertz CT molecular complexity index is 507. The van der Waals surface area contributed by atoms with Crippen LogP contribution in [0.15, 0.2) is 24.3 Å². The van der Waals surface area contributed by atoms with Crippen LogP contribution < -0.4 is 11.1 Å². The molecule has 1 heterocycles. The van der Waals surface area contributed by atoms with Crippen molar-refractivity contribution in [2.45, 2.75) is 52.2 Å². The maximum atomic E-state index is 11.9. The molecule has 1 saturated heterocycles. The number of benzene rings is 1. The lowest BCUT2D eigenvalue weighted by atomic mass is 9.99. The van der Waals surface area contributed by atoms with Crippen LogP contribution in [-0.2, 0) is 17.9 Å². The molecule has 1 unspecified atom stereocenters. The number of hydrogen-bond donors (Lipinski definition) is 2. The molecule has 1 aliphatic rings. The third-order valence-corrected chi connectivity index (χ3v) is 4.28. The highest BCUT2D eigenvalue weighted by atomic mass is 16.2. The molecule has 4 nitrogen and oxygen atoms in total. The summed E-state index contributed by atoms with van der Waals surface area (Å²) in [5.41, 5.74) is 7.47. The van der Waals surface area contributed by atoms with E-state index in [1.54, 1.807) is 13.8 Å². The molecular weight excluding hydrogens is 274 g/mol. The van der Waals surface area contributed by atoms with Gasteiger partial charge < -0.3 is 11.1 Å². The van der Waals surface area contributed by atoms with Crippen LogP contribution in [0, 0.1) is 5.92 Å². The number of hydrogen-bond acceptors (Lipinski definition) is 3. The molecule has 122 valence electrons. The monoisotopic (exact) mass is 303 g/mol. The molecule has 1 amide bonds. The lowest BCUT2D eigenvalue weighted by Gasteiger charge is -2.31. The van der Waals surface area contributed by atoms with Gasteiger partial charge in [0.25, 0.3) is 0 Å². The van der Waals surface area contributed by atoms with Gasteiger partial charge in [-0.05, 0) is 50.3 Å². The second-order valence-electron chi connectivity index (χ2n) is 7.16. The first kappa shape index (κ1) is 17.0. The third-order valence-electron chi connectivity index (χ3n) is 4.28. The number of carbonyl (C=O) groups is 1. The Morgan fingerprint density at radius 1 is 1.36 bits per heavy atom. The maximum Gasteiger partial charge on any atom is 0.239 e. The first-order valence-electron chi connectivity index (χ1n) is 8.22. The Hall–Kier alpha value is -1.39. The van der Waals surface area contributed by atoms with Crippen molar-refractivity contribution < 1.29 is 4.79 Å². The molecule has 1 aromatic rings. The van der Waals surface area contributed by atoms with Crippen molar-refractivity contribution in [3.05, 3.63) is 35.4 Å². The highest BCUT2D eigenvalue weighted by Crippen LogP contribution is 2.19. The highest BCUT2D eigenvalue weighted by Gasteiger charge is 2.22. The van der Waals surface area contributed by atoms with E-state index >= 15 is 0 Å². The van der Waals surface area contributed by atoms with E-state index in [4.69, 9.17) is 5.73 Å². The topological polar surface area (TPSA) is 58.4 Å². The summed E-state index contributed by atoms with van der Waals surface area (Å²) in [5.74, 6) is 0.660. The largest absolute Gasteiger partial charge is 0.350 e. The zero-order chi connectivity index (χ0) is 16.2. The number of rotatable bonds is 5. The Kier molecular flexibility index (Phi) is 5.59. The van der Waals surface area contributed by atoms with Crippen molar-refractivity contribution in [3.8, 4) is 0 Å². The van der Waals surface area contributed by atoms with Gasteiger partial charge in [0, 0.05) is 19.6 Å². The number of piperidine rings is 1. The molecule has 2 rings (SSSR count). The Labute approximate surface area is 134 Å². The fraction of sp³-hybridized carbons (Fsp3) is 0.611. The second-order valence-corrected chi connectivity index (χ2v) is 7.16. The van der Waals surface area contributed by atoms with Crippen molar-refractivity contribution >= 4 is 5.91 Å². The van der Waals surface area contributed by atoms with Gasteiger partial charge in [-0.1, -0.05) is 31.2 Å². The van der Waals surface area contributed by atoms with Gasteiger partial charge in [-0.2, -0.15) is 0 Å². The number of nitrogens with zero attached hydrogens (tertiary/aromatic N) is 1. The summed E-state index contributed by atoms with van der Waals surface area (Å²) in [6.07, 6.45) is 2.61. The summed E-state index contributed by atoms with van der Waals surface area (Å²) in [7, 11) is 0. The minimum atomic E-state index is -0.836. The smallest absolute Gasteiger partial charge is 0.239 e. The summed E-state index contributed by atoms with van der Waals surface area (Å²) >= 11 is 0. The first-order chi connectivity index (χ1) is 10.4. The van der Waals surface area contributed by atoms with Gasteiger partial charge in [-0.15, -0.1) is 0 Å². The van der Waals surface area contributed by atoms with E-state index in [-0.39, 0.29) is 5.91 Å². The van der Waals surface area contributed by atoms with Gasteiger partial charge in [-0.3, -0.25) is 9.69 Å². The maximum absolute atomic E-state index is 11.9. The second kappa shape index (κ2) is 7.25. The van der Waals surface area contributed by atoms with Gasteiger partial charge in [0.15, 0.2) is 0 Å². The molecule has 4 heteroatoms. The van der Waals surface area contributed by atoms with E-state index in [0.29, 0.717) is 6.54 Å². The molecular formula is C18H29N3O. The van der Waals surface area contributed by atoms with Crippen LogP contribution >= 0.6 is 0 Å². The van der Waals surface area contributed by atoms with Crippen molar-refractivity contribution in [3.63, 3.8) is 0 Å². The number of nitrogens with one attached hydrogen (secondary N) is 1. The molecule has 1 aliphatic heterocycles. The van der Waals surface area contributed by atoms with Gasteiger partial charge in [-0.25, -0.2) is 0 Å². The average molecular weight is 303 g/mol. The fourth-order valence-corrected chi connectivity index (χ4v) is 2.96. The van der Waals surface area contributed by atoms with Crippen molar-refractivity contribution in [1.29, 1.82) is 0 Å². The van der Waals surface area contributed by atoms with E-state index < -0.39 is 5.54 Å². The van der Waals surface area contributed by atoms with Crippen LogP contribution in [0.3, 0.4) is 0 Å². The molecule has 1 aromatic carbocycles. The molecule has 1 atom stereocenters. The standard InChI is InChI=1S/C18H29N3O/c1-14-7-6-10-21(12-14)13-16-9-5-4-8-15(16)11-20-17(22)18(2,3)19/h4-5,8-9,14H,6-7,10-13,19H2,1-3H3,(H,20,22). The molecule has 0 radical (unpaired) electrons. The van der Waals surface area contributed by atoms with Crippen molar-refractivity contribution in [1.82, 2.24) is 10.2 Å². The molecule has 0 aromatic heterocycles. The lowest BCUT2D eigenvalue weighted by Crippen LogP contribution is -2.48. The van der Waals surface area contributed by atoms with Crippen molar-refractivity contribution in [2.24, 2.45) is 11.7 Å². The molecule has 0 spiro atoms. The SMILES string of the molecule is CC1CCCN(Cc2ccccc2CNC(=O)C(C)(C)N)C1. The summed E-state index contributed by atoms with van der Waals surface area (Å²) < 4.78 is 0. The van der Waals surface area contributed by atoms with E-state index in [0.717, 1.165) is 19.0 Å². The average Bonchev–Trinajstić information content (AvgIpc) is 2.45. The molecule has 3 N–H and O–H groups in total. The molecule has 0 saturated carbocycles. The Morgan fingerprint density at radius 2 is 2.05 bits per heavy atom. The van der Waals surface area contributed by atoms with E-state index in [1.807, 2.05) is 6.07 Å². The highest BCUT2D eigenvalue weighted by molar-refractivity contribution is 5.85. The summed E-state index contributed by atoms with van der Waals surface area (Å²) in [5, 5.41) is 2.94. The van der Waals surface area contributed by atoms with E-state index in [2.05, 4.69) is 35.3 Å². The molecule has 0 bridgehead atoms. The van der Waals surface area contributed by atoms with Crippen LogP contribution in [0.25, 0.3) is 0 Å². The number of amides is 1. The molecule has 0 aliphatic carbocycles.